The van der Waals surface area contributed by atoms with Crippen molar-refractivity contribution in [3.05, 3.63) is 82.1 Å². The van der Waals surface area contributed by atoms with Crippen LogP contribution in [0, 0.1) is 5.82 Å². The number of ether oxygens (including phenoxy) is 1. The molecular formula is C28H24ClF4NO5. The number of halogens is 5. The molecule has 39 heavy (non-hydrogen) atoms. The Hall–Kier alpha value is -3.63. The lowest BCUT2D eigenvalue weighted by atomic mass is 9.71. The molecule has 3 aromatic rings. The highest BCUT2D eigenvalue weighted by Gasteiger charge is 2.53. The van der Waals surface area contributed by atoms with Crippen LogP contribution in [0.25, 0.3) is 11.1 Å². The van der Waals surface area contributed by atoms with E-state index in [1.165, 1.54) is 61.3 Å². The summed E-state index contributed by atoms with van der Waals surface area (Å²) >= 11 is 6.51. The van der Waals surface area contributed by atoms with Crippen LogP contribution in [-0.4, -0.2) is 47.0 Å². The Labute approximate surface area is 226 Å². The molecule has 6 nitrogen and oxygen atoms in total. The van der Waals surface area contributed by atoms with Gasteiger partial charge in [0.1, 0.15) is 11.6 Å². The molecule has 2 unspecified atom stereocenters. The van der Waals surface area contributed by atoms with Crippen LogP contribution >= 0.6 is 11.6 Å². The lowest BCUT2D eigenvalue weighted by Gasteiger charge is -2.40. The maximum Gasteiger partial charge on any atom is 0.415 e. The van der Waals surface area contributed by atoms with E-state index in [0.717, 1.165) is 12.1 Å². The molecule has 0 fully saturated rings. The smallest absolute Gasteiger partial charge is 0.415 e. The first-order valence-corrected chi connectivity index (χ1v) is 12.1. The van der Waals surface area contributed by atoms with Crippen LogP contribution in [-0.2, 0) is 10.2 Å². The van der Waals surface area contributed by atoms with Crippen LogP contribution in [0.3, 0.4) is 0 Å². The van der Waals surface area contributed by atoms with Crippen LogP contribution in [0.2, 0.25) is 5.02 Å². The van der Waals surface area contributed by atoms with Gasteiger partial charge in [0, 0.05) is 12.1 Å². The van der Waals surface area contributed by atoms with Crippen molar-refractivity contribution in [3.8, 4) is 16.9 Å². The van der Waals surface area contributed by atoms with Gasteiger partial charge in [-0.25, -0.2) is 9.18 Å². The van der Waals surface area contributed by atoms with E-state index in [-0.39, 0.29) is 33.1 Å². The fourth-order valence-electron chi connectivity index (χ4n) is 4.79. The number of carboxylic acids is 1. The molecule has 0 aliphatic carbocycles. The monoisotopic (exact) mass is 565 g/mol. The van der Waals surface area contributed by atoms with Gasteiger partial charge in [0.25, 0.3) is 5.91 Å². The Morgan fingerprint density at radius 3 is 2.23 bits per heavy atom. The van der Waals surface area contributed by atoms with Crippen molar-refractivity contribution in [3.63, 3.8) is 0 Å². The molecule has 2 atom stereocenters. The van der Waals surface area contributed by atoms with Gasteiger partial charge in [-0.2, -0.15) is 13.2 Å². The molecule has 0 radical (unpaired) electrons. The summed E-state index contributed by atoms with van der Waals surface area (Å²) in [5, 5.41) is 19.5. The number of nitrogens with zero attached hydrogens (tertiary/aromatic N) is 1. The molecule has 0 saturated heterocycles. The third-order valence-corrected chi connectivity index (χ3v) is 7.34. The van der Waals surface area contributed by atoms with Gasteiger partial charge in [-0.15, -0.1) is 0 Å². The number of likely N-dealkylation sites (N-methyl/N-ethyl adjacent to an activating group) is 1. The summed E-state index contributed by atoms with van der Waals surface area (Å²) in [7, 11) is 1.48. The van der Waals surface area contributed by atoms with E-state index in [2.05, 4.69) is 0 Å². The highest BCUT2D eigenvalue weighted by molar-refractivity contribution is 6.31. The second kappa shape index (κ2) is 9.53. The molecule has 0 aromatic heterocycles. The van der Waals surface area contributed by atoms with Gasteiger partial charge >= 0.3 is 12.1 Å². The number of fused-ring (bicyclic) bond motifs is 1. The van der Waals surface area contributed by atoms with Crippen LogP contribution in [0.15, 0.2) is 54.6 Å². The predicted molar refractivity (Wildman–Crippen MR) is 137 cm³/mol. The molecule has 0 bridgehead atoms. The average Bonchev–Trinajstić information content (AvgIpc) is 2.85. The second-order valence-electron chi connectivity index (χ2n) is 10.00. The molecular weight excluding hydrogens is 542 g/mol. The number of carbonyl (C=O) groups is 2. The zero-order chi connectivity index (χ0) is 29.1. The molecule has 1 amide bonds. The summed E-state index contributed by atoms with van der Waals surface area (Å²) in [6.07, 6.45) is -7.96. The van der Waals surface area contributed by atoms with E-state index < -0.39 is 46.6 Å². The fraction of sp³-hybridized carbons (Fsp3) is 0.286. The number of aliphatic hydroxyl groups is 1. The number of aliphatic hydroxyl groups excluding tert-OH is 1. The first-order valence-electron chi connectivity index (χ1n) is 11.7. The Balaban J connectivity index is 1.86. The number of carbonyl (C=O) groups excluding carboxylic acids is 1. The maximum atomic E-state index is 14.2. The maximum absolute atomic E-state index is 14.2. The lowest BCUT2D eigenvalue weighted by Crippen LogP contribution is -2.51. The largest absolute Gasteiger partial charge is 0.478 e. The summed E-state index contributed by atoms with van der Waals surface area (Å²) in [4.78, 5) is 25.1. The van der Waals surface area contributed by atoms with E-state index in [1.54, 1.807) is 13.8 Å². The van der Waals surface area contributed by atoms with Gasteiger partial charge < -0.3 is 19.8 Å². The first kappa shape index (κ1) is 28.4. The molecule has 3 aromatic carbocycles. The third kappa shape index (κ3) is 4.83. The van der Waals surface area contributed by atoms with E-state index in [1.807, 2.05) is 0 Å². The minimum absolute atomic E-state index is 0.0144. The predicted octanol–water partition coefficient (Wildman–Crippen LogP) is 6.21. The Bertz CT molecular complexity index is 1490. The molecule has 1 heterocycles. The quantitative estimate of drug-likeness (QED) is 0.359. The normalized spacial score (nSPS) is 17.2. The van der Waals surface area contributed by atoms with Gasteiger partial charge in [-0.05, 0) is 73.4 Å². The molecule has 11 heteroatoms. The van der Waals surface area contributed by atoms with Crippen molar-refractivity contribution in [2.24, 2.45) is 0 Å². The minimum Gasteiger partial charge on any atom is -0.478 e. The van der Waals surface area contributed by atoms with Crippen LogP contribution in [0.5, 0.6) is 5.75 Å². The van der Waals surface area contributed by atoms with E-state index >= 15 is 0 Å². The van der Waals surface area contributed by atoms with E-state index in [4.69, 9.17) is 21.4 Å². The summed E-state index contributed by atoms with van der Waals surface area (Å²) in [5.74, 6) is -2.57. The van der Waals surface area contributed by atoms with E-state index in [0.29, 0.717) is 5.56 Å². The Kier molecular flexibility index (Phi) is 6.94. The number of amides is 1. The van der Waals surface area contributed by atoms with Gasteiger partial charge in [0.15, 0.2) is 11.7 Å². The van der Waals surface area contributed by atoms with Gasteiger partial charge in [-0.3, -0.25) is 4.79 Å². The topological polar surface area (TPSA) is 87.1 Å². The lowest BCUT2D eigenvalue weighted by molar-refractivity contribution is -0.219. The number of hydrogen-bond donors (Lipinski definition) is 2. The molecule has 0 spiro atoms. The van der Waals surface area contributed by atoms with Crippen LogP contribution < -0.4 is 9.64 Å². The number of anilines is 1. The summed E-state index contributed by atoms with van der Waals surface area (Å²) in [5.41, 5.74) is -3.14. The highest BCUT2D eigenvalue weighted by Crippen LogP contribution is 2.48. The van der Waals surface area contributed by atoms with E-state index in [9.17, 15) is 32.3 Å². The van der Waals surface area contributed by atoms with Gasteiger partial charge in [-0.1, -0.05) is 35.9 Å². The highest BCUT2D eigenvalue weighted by atomic mass is 35.5. The second-order valence-corrected chi connectivity index (χ2v) is 10.4. The summed E-state index contributed by atoms with van der Waals surface area (Å²) in [6.45, 7) is 4.33. The van der Waals surface area contributed by atoms with Gasteiger partial charge in [0.05, 0.1) is 16.7 Å². The van der Waals surface area contributed by atoms with Crippen LogP contribution in [0.4, 0.5) is 23.2 Å². The summed E-state index contributed by atoms with van der Waals surface area (Å²) in [6, 6.07) is 11.6. The average molecular weight is 566 g/mol. The van der Waals surface area contributed by atoms with Gasteiger partial charge in [0.2, 0.25) is 0 Å². The van der Waals surface area contributed by atoms with Crippen molar-refractivity contribution < 1.29 is 42.1 Å². The number of hydrogen-bond acceptors (Lipinski definition) is 4. The van der Waals surface area contributed by atoms with Crippen molar-refractivity contribution in [2.75, 3.05) is 11.9 Å². The molecule has 4 rings (SSSR count). The zero-order valence-electron chi connectivity index (χ0n) is 21.2. The zero-order valence-corrected chi connectivity index (χ0v) is 22.0. The van der Waals surface area contributed by atoms with Crippen LogP contribution in [0.1, 0.15) is 42.3 Å². The number of aromatic carboxylic acids is 1. The van der Waals surface area contributed by atoms with Crippen molar-refractivity contribution in [1.29, 1.82) is 0 Å². The summed E-state index contributed by atoms with van der Waals surface area (Å²) < 4.78 is 62.1. The fourth-order valence-corrected chi connectivity index (χ4v) is 5.17. The van der Waals surface area contributed by atoms with Crippen molar-refractivity contribution >= 4 is 29.2 Å². The Morgan fingerprint density at radius 2 is 1.67 bits per heavy atom. The Morgan fingerprint density at radius 1 is 1.05 bits per heavy atom. The van der Waals surface area contributed by atoms with Crippen molar-refractivity contribution in [2.45, 2.75) is 44.1 Å². The standard InChI is InChI=1S/C28H24ClF4NO5/c1-26(2)25(38)34(4)21-13-16(7-10-22(21)39-26)27(3,24(37)28(31,32)33)18-9-6-14(11-19(18)29)15-5-8-17(23(35)36)20(30)12-15/h5-13,24,37H,1-4H3,(H,35,36). The number of carboxylic acid groups (broad SMARTS) is 1. The third-order valence-electron chi connectivity index (χ3n) is 7.02. The van der Waals surface area contributed by atoms with Crippen molar-refractivity contribution in [1.82, 2.24) is 0 Å². The molecule has 1 aliphatic rings. The number of rotatable bonds is 5. The number of alkyl halides is 3. The SMILES string of the molecule is CN1C(=O)C(C)(C)Oc2ccc(C(C)(c3ccc(-c4ccc(C(=O)O)c(F)c4)cc3Cl)C(O)C(F)(F)F)cc21. The molecule has 1 aliphatic heterocycles. The number of benzene rings is 3. The molecule has 0 saturated carbocycles. The minimum atomic E-state index is -5.05. The molecule has 206 valence electrons. The first-order chi connectivity index (χ1) is 18.0. The molecule has 2 N–H and O–H groups in total.